The van der Waals surface area contributed by atoms with Crippen LogP contribution in [0.1, 0.15) is 38.3 Å². The largest absolute Gasteiger partial charge is 0.352 e. The van der Waals surface area contributed by atoms with Gasteiger partial charge in [-0.15, -0.1) is 0 Å². The van der Waals surface area contributed by atoms with Crippen molar-refractivity contribution >= 4 is 16.7 Å². The average molecular weight is 342 g/mol. The molecule has 1 aromatic heterocycles. The van der Waals surface area contributed by atoms with Crippen molar-refractivity contribution in [2.45, 2.75) is 45.1 Å². The first-order valence-corrected chi connectivity index (χ1v) is 9.15. The highest BCUT2D eigenvalue weighted by atomic mass is 16.1. The van der Waals surface area contributed by atoms with Crippen molar-refractivity contribution in [3.05, 3.63) is 40.3 Å². The minimum atomic E-state index is -0.226. The maximum absolute atomic E-state index is 12.5. The Labute approximate surface area is 147 Å². The number of benzene rings is 1. The first-order chi connectivity index (χ1) is 12.2. The van der Waals surface area contributed by atoms with Crippen LogP contribution in [0.4, 0.5) is 0 Å². The number of carbonyl (C=O) groups excluding carboxylic acids is 1. The van der Waals surface area contributed by atoms with Gasteiger partial charge in [-0.2, -0.15) is 5.10 Å². The van der Waals surface area contributed by atoms with E-state index in [4.69, 9.17) is 0 Å². The fraction of sp³-hybridized carbons (Fsp3) is 0.526. The van der Waals surface area contributed by atoms with Crippen LogP contribution >= 0.6 is 0 Å². The number of fused-ring (bicyclic) bond motifs is 1. The van der Waals surface area contributed by atoms with Crippen molar-refractivity contribution in [2.75, 3.05) is 19.6 Å². The van der Waals surface area contributed by atoms with Gasteiger partial charge in [-0.05, 0) is 38.4 Å². The molecular weight excluding hydrogens is 316 g/mol. The summed E-state index contributed by atoms with van der Waals surface area (Å²) in [5.74, 6) is -0.0476. The number of aromatic nitrogens is 2. The summed E-state index contributed by atoms with van der Waals surface area (Å²) in [6.07, 6.45) is 4.88. The van der Waals surface area contributed by atoms with Gasteiger partial charge in [0.1, 0.15) is 0 Å². The van der Waals surface area contributed by atoms with E-state index in [9.17, 15) is 9.59 Å². The van der Waals surface area contributed by atoms with Gasteiger partial charge in [0.05, 0.1) is 17.5 Å². The monoisotopic (exact) mass is 342 g/mol. The molecule has 0 saturated carbocycles. The molecule has 1 aromatic carbocycles. The molecule has 25 heavy (non-hydrogen) atoms. The van der Waals surface area contributed by atoms with E-state index in [1.165, 1.54) is 19.3 Å². The number of hydrogen-bond donors (Lipinski definition) is 2. The normalized spacial score (nSPS) is 16.7. The molecule has 0 spiro atoms. The van der Waals surface area contributed by atoms with Gasteiger partial charge in [-0.3, -0.25) is 9.59 Å². The maximum Gasteiger partial charge on any atom is 0.272 e. The zero-order valence-corrected chi connectivity index (χ0v) is 14.8. The molecule has 2 N–H and O–H groups in total. The number of aromatic amines is 1. The van der Waals surface area contributed by atoms with E-state index in [1.807, 2.05) is 18.2 Å². The number of nitrogens with zero attached hydrogens (tertiary/aromatic N) is 2. The van der Waals surface area contributed by atoms with Gasteiger partial charge in [-0.1, -0.05) is 31.5 Å². The van der Waals surface area contributed by atoms with E-state index < -0.39 is 0 Å². The number of amides is 1. The predicted molar refractivity (Wildman–Crippen MR) is 98.6 cm³/mol. The Morgan fingerprint density at radius 1 is 1.24 bits per heavy atom. The Morgan fingerprint density at radius 2 is 1.96 bits per heavy atom. The lowest BCUT2D eigenvalue weighted by atomic mass is 10.1. The van der Waals surface area contributed by atoms with Crippen molar-refractivity contribution in [1.82, 2.24) is 20.4 Å². The van der Waals surface area contributed by atoms with Gasteiger partial charge in [0.15, 0.2) is 0 Å². The van der Waals surface area contributed by atoms with E-state index in [0.29, 0.717) is 11.1 Å². The van der Waals surface area contributed by atoms with Crippen molar-refractivity contribution in [1.29, 1.82) is 0 Å². The summed E-state index contributed by atoms with van der Waals surface area (Å²) in [5, 5.41) is 11.0. The van der Waals surface area contributed by atoms with Crippen LogP contribution < -0.4 is 10.9 Å². The van der Waals surface area contributed by atoms with Crippen molar-refractivity contribution in [3.63, 3.8) is 0 Å². The highest BCUT2D eigenvalue weighted by Crippen LogP contribution is 2.13. The third-order valence-corrected chi connectivity index (χ3v) is 4.89. The molecule has 1 aliphatic heterocycles. The second-order valence-corrected chi connectivity index (χ2v) is 6.76. The van der Waals surface area contributed by atoms with Crippen molar-refractivity contribution < 1.29 is 4.79 Å². The highest BCUT2D eigenvalue weighted by molar-refractivity contribution is 5.88. The van der Waals surface area contributed by atoms with Gasteiger partial charge >= 0.3 is 0 Å². The highest BCUT2D eigenvalue weighted by Gasteiger charge is 2.18. The van der Waals surface area contributed by atoms with Crippen LogP contribution in [-0.4, -0.2) is 46.7 Å². The fourth-order valence-electron chi connectivity index (χ4n) is 3.47. The lowest BCUT2D eigenvalue weighted by Crippen LogP contribution is -2.45. The summed E-state index contributed by atoms with van der Waals surface area (Å²) in [6.45, 7) is 5.25. The number of likely N-dealkylation sites (tertiary alicyclic amines) is 1. The molecule has 2 aromatic rings. The number of hydrogen-bond acceptors (Lipinski definition) is 4. The molecule has 6 nitrogen and oxygen atoms in total. The quantitative estimate of drug-likeness (QED) is 0.840. The minimum absolute atomic E-state index is 0.0476. The van der Waals surface area contributed by atoms with E-state index in [2.05, 4.69) is 27.3 Å². The van der Waals surface area contributed by atoms with Crippen molar-refractivity contribution in [3.8, 4) is 0 Å². The van der Waals surface area contributed by atoms with E-state index in [1.54, 1.807) is 6.07 Å². The molecule has 1 fully saturated rings. The molecular formula is C19H26N4O2. The maximum atomic E-state index is 12.5. The summed E-state index contributed by atoms with van der Waals surface area (Å²) >= 11 is 0. The summed E-state index contributed by atoms with van der Waals surface area (Å²) in [7, 11) is 0. The Morgan fingerprint density at radius 3 is 2.68 bits per heavy atom. The summed E-state index contributed by atoms with van der Waals surface area (Å²) < 4.78 is 0. The van der Waals surface area contributed by atoms with Gasteiger partial charge in [-0.25, -0.2) is 5.10 Å². The van der Waals surface area contributed by atoms with Gasteiger partial charge < -0.3 is 10.2 Å². The fourth-order valence-corrected chi connectivity index (χ4v) is 3.47. The van der Waals surface area contributed by atoms with Crippen LogP contribution in [0.25, 0.3) is 10.8 Å². The topological polar surface area (TPSA) is 78.1 Å². The Balaban J connectivity index is 1.65. The standard InChI is InChI=1S/C19H26N4O2/c1-2-14(13-23-10-6-3-7-11-23)20-18(24)12-17-15-8-4-5-9-16(15)19(25)22-21-17/h4-5,8-9,14H,2-3,6-7,10-13H2,1H3,(H,20,24)(H,22,25). The molecule has 3 rings (SSSR count). The number of carbonyl (C=O) groups is 1. The molecule has 6 heteroatoms. The molecule has 1 unspecified atom stereocenters. The average Bonchev–Trinajstić information content (AvgIpc) is 2.64. The molecule has 0 radical (unpaired) electrons. The van der Waals surface area contributed by atoms with Crippen LogP contribution in [0.2, 0.25) is 0 Å². The smallest absolute Gasteiger partial charge is 0.272 e. The van der Waals surface area contributed by atoms with Crippen molar-refractivity contribution in [2.24, 2.45) is 0 Å². The Kier molecular flexibility index (Phi) is 5.81. The van der Waals surface area contributed by atoms with Gasteiger partial charge in [0.25, 0.3) is 5.56 Å². The third-order valence-electron chi connectivity index (χ3n) is 4.89. The number of piperidine rings is 1. The van der Waals surface area contributed by atoms with Crippen LogP contribution in [0, 0.1) is 0 Å². The van der Waals surface area contributed by atoms with Crippen LogP contribution in [0.15, 0.2) is 29.1 Å². The molecule has 1 amide bonds. The minimum Gasteiger partial charge on any atom is -0.352 e. The van der Waals surface area contributed by atoms with E-state index in [0.717, 1.165) is 31.4 Å². The lowest BCUT2D eigenvalue weighted by Gasteiger charge is -2.30. The second kappa shape index (κ2) is 8.25. The van der Waals surface area contributed by atoms with Crippen LogP contribution in [0.5, 0.6) is 0 Å². The van der Waals surface area contributed by atoms with E-state index >= 15 is 0 Å². The number of H-pyrrole nitrogens is 1. The third kappa shape index (κ3) is 4.45. The predicted octanol–water partition coefficient (Wildman–Crippen LogP) is 1.85. The SMILES string of the molecule is CCC(CN1CCCCC1)NC(=O)Cc1n[nH]c(=O)c2ccccc12. The zero-order chi connectivity index (χ0) is 17.6. The lowest BCUT2D eigenvalue weighted by molar-refractivity contribution is -0.121. The van der Waals surface area contributed by atoms with Gasteiger partial charge in [0.2, 0.25) is 5.91 Å². The first kappa shape index (κ1) is 17.6. The second-order valence-electron chi connectivity index (χ2n) is 6.76. The summed E-state index contributed by atoms with van der Waals surface area (Å²) in [6, 6.07) is 7.41. The zero-order valence-electron chi connectivity index (χ0n) is 14.8. The summed E-state index contributed by atoms with van der Waals surface area (Å²) in [4.78, 5) is 26.8. The number of nitrogens with one attached hydrogen (secondary N) is 2. The Hall–Kier alpha value is -2.21. The van der Waals surface area contributed by atoms with Crippen LogP contribution in [0.3, 0.4) is 0 Å². The van der Waals surface area contributed by atoms with Crippen LogP contribution in [-0.2, 0) is 11.2 Å². The Bertz CT molecular complexity index is 780. The molecule has 1 atom stereocenters. The first-order valence-electron chi connectivity index (χ1n) is 9.15. The molecule has 1 aliphatic rings. The molecule has 134 valence electrons. The molecule has 1 saturated heterocycles. The van der Waals surface area contributed by atoms with Gasteiger partial charge in [0, 0.05) is 18.0 Å². The molecule has 2 heterocycles. The molecule has 0 bridgehead atoms. The van der Waals surface area contributed by atoms with E-state index in [-0.39, 0.29) is 23.9 Å². The summed E-state index contributed by atoms with van der Waals surface area (Å²) in [5.41, 5.74) is 0.386. The molecule has 0 aliphatic carbocycles. The number of rotatable bonds is 6.